The van der Waals surface area contributed by atoms with Gasteiger partial charge in [-0.3, -0.25) is 9.89 Å². The topological polar surface area (TPSA) is 69.1 Å². The number of morpholine rings is 1. The Labute approximate surface area is 159 Å². The summed E-state index contributed by atoms with van der Waals surface area (Å²) in [7, 11) is 0. The van der Waals surface area contributed by atoms with Gasteiger partial charge in [-0.2, -0.15) is 0 Å². The number of rotatable bonds is 7. The first-order chi connectivity index (χ1) is 12.0. The van der Waals surface area contributed by atoms with Gasteiger partial charge in [-0.1, -0.05) is 11.6 Å². The summed E-state index contributed by atoms with van der Waals surface area (Å²) in [5.74, 6) is 0.719. The van der Waals surface area contributed by atoms with Gasteiger partial charge < -0.3 is 20.5 Å². The Bertz CT molecular complexity index is 555. The van der Waals surface area contributed by atoms with Crippen LogP contribution in [0.25, 0.3) is 0 Å². The molecule has 1 saturated heterocycles. The fourth-order valence-corrected chi connectivity index (χ4v) is 3.91. The fourth-order valence-electron chi connectivity index (χ4n) is 2.87. The van der Waals surface area contributed by atoms with Gasteiger partial charge in [0.15, 0.2) is 5.96 Å². The number of aliphatic hydroxyl groups excluding tert-OH is 1. The van der Waals surface area contributed by atoms with Crippen molar-refractivity contribution < 1.29 is 9.84 Å². The van der Waals surface area contributed by atoms with Gasteiger partial charge >= 0.3 is 0 Å². The van der Waals surface area contributed by atoms with E-state index in [0.29, 0.717) is 29.5 Å². The minimum atomic E-state index is -0.599. The average molecular weight is 389 g/mol. The lowest BCUT2D eigenvalue weighted by atomic mass is 10.2. The van der Waals surface area contributed by atoms with E-state index >= 15 is 0 Å². The second-order valence-electron chi connectivity index (χ2n) is 6.27. The van der Waals surface area contributed by atoms with Crippen LogP contribution < -0.4 is 10.6 Å². The number of nitrogens with one attached hydrogen (secondary N) is 2. The highest BCUT2D eigenvalue weighted by Gasteiger charge is 2.23. The summed E-state index contributed by atoms with van der Waals surface area (Å²) >= 11 is 7.32. The summed E-state index contributed by atoms with van der Waals surface area (Å²) in [6.07, 6.45) is -0.599. The average Bonchev–Trinajstić information content (AvgIpc) is 3.03. The maximum atomic E-state index is 10.3. The largest absolute Gasteiger partial charge is 0.386 e. The molecule has 1 aliphatic rings. The van der Waals surface area contributed by atoms with Crippen molar-refractivity contribution in [2.75, 3.05) is 39.4 Å². The molecule has 0 spiro atoms. The van der Waals surface area contributed by atoms with Crippen molar-refractivity contribution in [3.05, 3.63) is 21.3 Å². The van der Waals surface area contributed by atoms with Gasteiger partial charge in [-0.25, -0.2) is 0 Å². The molecule has 0 saturated carbocycles. The van der Waals surface area contributed by atoms with Gasteiger partial charge in [0.1, 0.15) is 6.10 Å². The number of ether oxygens (including phenoxy) is 1. The number of aliphatic hydroxyl groups is 1. The molecule has 1 aliphatic heterocycles. The highest BCUT2D eigenvalue weighted by atomic mass is 35.5. The van der Waals surface area contributed by atoms with Gasteiger partial charge in [0.2, 0.25) is 0 Å². The normalized spacial score (nSPS) is 21.8. The highest BCUT2D eigenvalue weighted by Crippen LogP contribution is 2.26. The van der Waals surface area contributed by atoms with E-state index in [0.717, 1.165) is 37.1 Å². The van der Waals surface area contributed by atoms with E-state index in [1.54, 1.807) is 6.07 Å². The minimum absolute atomic E-state index is 0.343. The lowest BCUT2D eigenvalue weighted by Gasteiger charge is -2.37. The standard InChI is InChI=1S/C17H29ClN4O2S/c1-4-19-17(21-10-14(23)15-5-6-16(18)25-15)20-9-12(2)22-7-8-24-11-13(22)3/h5-6,12-14,23H,4,7-11H2,1-3H3,(H2,19,20,21). The molecule has 0 aliphatic carbocycles. The van der Waals surface area contributed by atoms with Crippen LogP contribution in [-0.2, 0) is 4.74 Å². The molecular weight excluding hydrogens is 360 g/mol. The van der Waals surface area contributed by atoms with Crippen LogP contribution in [0.1, 0.15) is 31.8 Å². The zero-order valence-electron chi connectivity index (χ0n) is 15.2. The number of thiophene rings is 1. The molecule has 142 valence electrons. The molecule has 8 heteroatoms. The zero-order valence-corrected chi connectivity index (χ0v) is 16.7. The molecule has 0 aromatic carbocycles. The second kappa shape index (κ2) is 10.3. The van der Waals surface area contributed by atoms with E-state index < -0.39 is 6.10 Å². The van der Waals surface area contributed by atoms with Crippen molar-refractivity contribution in [3.63, 3.8) is 0 Å². The third-order valence-corrected chi connectivity index (χ3v) is 5.56. The van der Waals surface area contributed by atoms with Crippen LogP contribution in [0.15, 0.2) is 17.1 Å². The van der Waals surface area contributed by atoms with Gasteiger partial charge in [0, 0.05) is 36.6 Å². The molecule has 2 rings (SSSR count). The van der Waals surface area contributed by atoms with E-state index in [2.05, 4.69) is 34.4 Å². The second-order valence-corrected chi connectivity index (χ2v) is 8.02. The maximum absolute atomic E-state index is 10.3. The summed E-state index contributed by atoms with van der Waals surface area (Å²) in [6.45, 7) is 10.8. The monoisotopic (exact) mass is 388 g/mol. The third kappa shape index (κ3) is 6.42. The maximum Gasteiger partial charge on any atom is 0.191 e. The molecule has 0 amide bonds. The van der Waals surface area contributed by atoms with Crippen molar-refractivity contribution in [2.24, 2.45) is 4.99 Å². The lowest BCUT2D eigenvalue weighted by Crippen LogP contribution is -2.49. The van der Waals surface area contributed by atoms with Crippen molar-refractivity contribution in [3.8, 4) is 0 Å². The molecule has 3 unspecified atom stereocenters. The molecule has 1 aromatic rings. The van der Waals surface area contributed by atoms with E-state index in [1.807, 2.05) is 13.0 Å². The summed E-state index contributed by atoms with van der Waals surface area (Å²) < 4.78 is 6.18. The Kier molecular flexibility index (Phi) is 8.45. The molecule has 0 radical (unpaired) electrons. The molecule has 3 atom stereocenters. The van der Waals surface area contributed by atoms with E-state index in [1.165, 1.54) is 11.3 Å². The molecule has 0 bridgehead atoms. The van der Waals surface area contributed by atoms with Gasteiger partial charge in [0.05, 0.1) is 24.1 Å². The predicted molar refractivity (Wildman–Crippen MR) is 105 cm³/mol. The lowest BCUT2D eigenvalue weighted by molar-refractivity contribution is -0.0165. The first-order valence-electron chi connectivity index (χ1n) is 8.80. The minimum Gasteiger partial charge on any atom is -0.386 e. The fraction of sp³-hybridized carbons (Fsp3) is 0.706. The van der Waals surface area contributed by atoms with Crippen LogP contribution in [0, 0.1) is 0 Å². The first-order valence-corrected chi connectivity index (χ1v) is 9.99. The first kappa shape index (κ1) is 20.5. The summed E-state index contributed by atoms with van der Waals surface area (Å²) in [4.78, 5) is 7.95. The number of nitrogens with zero attached hydrogens (tertiary/aromatic N) is 2. The van der Waals surface area contributed by atoms with Crippen LogP contribution in [0.2, 0.25) is 4.34 Å². The van der Waals surface area contributed by atoms with E-state index in [-0.39, 0.29) is 0 Å². The molecule has 3 N–H and O–H groups in total. The number of aliphatic imine (C=N–C) groups is 1. The van der Waals surface area contributed by atoms with Gasteiger partial charge in [-0.15, -0.1) is 11.3 Å². The zero-order chi connectivity index (χ0) is 18.2. The quantitative estimate of drug-likeness (QED) is 0.493. The smallest absolute Gasteiger partial charge is 0.191 e. The Morgan fingerprint density at radius 1 is 1.52 bits per heavy atom. The third-order valence-electron chi connectivity index (χ3n) is 4.23. The van der Waals surface area contributed by atoms with Crippen LogP contribution >= 0.6 is 22.9 Å². The van der Waals surface area contributed by atoms with Crippen LogP contribution in [-0.4, -0.2) is 67.4 Å². The van der Waals surface area contributed by atoms with Crippen LogP contribution in [0.4, 0.5) is 0 Å². The number of halogens is 1. The Morgan fingerprint density at radius 2 is 2.32 bits per heavy atom. The van der Waals surface area contributed by atoms with Crippen molar-refractivity contribution in [1.29, 1.82) is 0 Å². The molecule has 2 heterocycles. The van der Waals surface area contributed by atoms with Crippen molar-refractivity contribution in [1.82, 2.24) is 15.5 Å². The SMILES string of the molecule is CCNC(=NCC(C)N1CCOCC1C)NCC(O)c1ccc(Cl)s1. The molecule has 1 aromatic heterocycles. The Balaban J connectivity index is 1.86. The van der Waals surface area contributed by atoms with Crippen LogP contribution in [0.5, 0.6) is 0 Å². The number of guanidine groups is 1. The van der Waals surface area contributed by atoms with Crippen LogP contribution in [0.3, 0.4) is 0 Å². The van der Waals surface area contributed by atoms with Gasteiger partial charge in [0.25, 0.3) is 0 Å². The summed E-state index contributed by atoms with van der Waals surface area (Å²) in [6, 6.07) is 4.41. The molecule has 25 heavy (non-hydrogen) atoms. The van der Waals surface area contributed by atoms with Crippen molar-refractivity contribution >= 4 is 28.9 Å². The van der Waals surface area contributed by atoms with E-state index in [4.69, 9.17) is 16.3 Å². The van der Waals surface area contributed by atoms with Gasteiger partial charge in [-0.05, 0) is 32.9 Å². The van der Waals surface area contributed by atoms with E-state index in [9.17, 15) is 5.11 Å². The molecular formula is C17H29ClN4O2S. The Morgan fingerprint density at radius 3 is 2.96 bits per heavy atom. The number of hydrogen-bond donors (Lipinski definition) is 3. The molecule has 1 fully saturated rings. The number of hydrogen-bond acceptors (Lipinski definition) is 5. The molecule has 6 nitrogen and oxygen atoms in total. The highest BCUT2D eigenvalue weighted by molar-refractivity contribution is 7.16. The van der Waals surface area contributed by atoms with Crippen molar-refractivity contribution in [2.45, 2.75) is 39.0 Å². The predicted octanol–water partition coefficient (Wildman–Crippen LogP) is 2.10. The summed E-state index contributed by atoms with van der Waals surface area (Å²) in [5, 5.41) is 16.7. The summed E-state index contributed by atoms with van der Waals surface area (Å²) in [5.41, 5.74) is 0. The Hall–Kier alpha value is -0.860.